The molecule has 3 aliphatic rings. The third-order valence-electron chi connectivity index (χ3n) is 7.27. The van der Waals surface area contributed by atoms with Crippen molar-refractivity contribution in [2.75, 3.05) is 6.54 Å². The standard InChI is InChI=1S/C25H29FN4O7/c1-14-4-3-5-16(8-14)13-35-20-9-18-6-7-19(10-20)28(18)11-17(26)12-29-23(33)27-15(2)30(24(29)34)25-36-21(31)22(32)37-25/h3-5,8,17-20,25H,6-7,9-13H2,1-2H3. The molecule has 3 saturated heterocycles. The van der Waals surface area contributed by atoms with Crippen LogP contribution in [0.25, 0.3) is 0 Å². The van der Waals surface area contributed by atoms with Gasteiger partial charge in [-0.1, -0.05) is 29.8 Å². The van der Waals surface area contributed by atoms with Crippen molar-refractivity contribution in [3.63, 3.8) is 0 Å². The number of aromatic nitrogens is 3. The highest BCUT2D eigenvalue weighted by Gasteiger charge is 2.42. The number of hydrogen-bond donors (Lipinski definition) is 0. The quantitative estimate of drug-likeness (QED) is 0.375. The van der Waals surface area contributed by atoms with E-state index in [2.05, 4.69) is 16.0 Å². The number of carbonyl (C=O) groups is 2. The smallest absolute Gasteiger partial charge is 0.397 e. The second-order valence-corrected chi connectivity index (χ2v) is 9.89. The highest BCUT2D eigenvalue weighted by atomic mass is 19.1. The largest absolute Gasteiger partial charge is 0.422 e. The number of rotatable bonds is 8. The molecular formula is C25H29FN4O7. The molecule has 0 radical (unpaired) electrons. The van der Waals surface area contributed by atoms with Crippen molar-refractivity contribution in [1.82, 2.24) is 19.0 Å². The fourth-order valence-corrected chi connectivity index (χ4v) is 5.57. The summed E-state index contributed by atoms with van der Waals surface area (Å²) in [7, 11) is 0. The molecule has 0 N–H and O–H groups in total. The van der Waals surface area contributed by atoms with Crippen molar-refractivity contribution < 1.29 is 28.2 Å². The van der Waals surface area contributed by atoms with Crippen LogP contribution in [0.5, 0.6) is 0 Å². The summed E-state index contributed by atoms with van der Waals surface area (Å²) in [5.74, 6) is -2.65. The van der Waals surface area contributed by atoms with E-state index >= 15 is 4.39 Å². The number of piperidine rings is 1. The van der Waals surface area contributed by atoms with Gasteiger partial charge in [0.25, 0.3) is 0 Å². The summed E-state index contributed by atoms with van der Waals surface area (Å²) in [5.41, 5.74) is 0.413. The van der Waals surface area contributed by atoms with Gasteiger partial charge in [-0.15, -0.1) is 0 Å². The zero-order chi connectivity index (χ0) is 26.3. The Hall–Kier alpha value is -3.38. The van der Waals surface area contributed by atoms with Gasteiger partial charge in [-0.3, -0.25) is 4.90 Å². The van der Waals surface area contributed by atoms with Gasteiger partial charge >= 0.3 is 29.7 Å². The fraction of sp³-hybridized carbons (Fsp3) is 0.560. The minimum absolute atomic E-state index is 0.0626. The minimum atomic E-state index is -1.68. The zero-order valence-electron chi connectivity index (χ0n) is 20.7. The van der Waals surface area contributed by atoms with Crippen LogP contribution in [0.3, 0.4) is 0 Å². The van der Waals surface area contributed by atoms with Crippen LogP contribution < -0.4 is 11.4 Å². The predicted molar refractivity (Wildman–Crippen MR) is 126 cm³/mol. The number of cyclic esters (lactones) is 2. The number of carbonyl (C=O) groups excluding carboxylic acids is 2. The van der Waals surface area contributed by atoms with E-state index in [0.29, 0.717) is 11.2 Å². The Morgan fingerprint density at radius 2 is 1.73 bits per heavy atom. The number of esters is 2. The molecule has 0 spiro atoms. The Morgan fingerprint density at radius 1 is 1.05 bits per heavy atom. The maximum absolute atomic E-state index is 15.3. The molecule has 4 heterocycles. The lowest BCUT2D eigenvalue weighted by Gasteiger charge is -2.39. The van der Waals surface area contributed by atoms with Gasteiger partial charge in [-0.2, -0.15) is 4.98 Å². The van der Waals surface area contributed by atoms with E-state index in [9.17, 15) is 19.2 Å². The molecule has 3 fully saturated rings. The summed E-state index contributed by atoms with van der Waals surface area (Å²) < 4.78 is 32.3. The molecule has 0 saturated carbocycles. The molecule has 5 rings (SSSR count). The molecule has 2 bridgehead atoms. The SMILES string of the molecule is Cc1cccc(COC2CC3CCC(C2)N3CC(F)Cn2c(=O)nc(C)n(C3OC(=O)C(=O)O3)c2=O)c1. The number of hydrogen-bond acceptors (Lipinski definition) is 9. The Balaban J connectivity index is 1.22. The second kappa shape index (κ2) is 10.2. The van der Waals surface area contributed by atoms with E-state index in [-0.39, 0.29) is 30.6 Å². The van der Waals surface area contributed by atoms with Gasteiger partial charge < -0.3 is 14.2 Å². The van der Waals surface area contributed by atoms with Crippen molar-refractivity contribution >= 4 is 11.9 Å². The Morgan fingerprint density at radius 3 is 2.38 bits per heavy atom. The monoisotopic (exact) mass is 516 g/mol. The van der Waals surface area contributed by atoms with Crippen LogP contribution in [0.4, 0.5) is 4.39 Å². The Kier molecular flexibility index (Phi) is 6.95. The average Bonchev–Trinajstić information content (AvgIpc) is 3.27. The number of halogens is 1. The van der Waals surface area contributed by atoms with Crippen molar-refractivity contribution in [3.05, 3.63) is 62.2 Å². The highest BCUT2D eigenvalue weighted by Crippen LogP contribution is 2.37. The van der Waals surface area contributed by atoms with E-state index in [1.165, 1.54) is 12.5 Å². The van der Waals surface area contributed by atoms with E-state index < -0.39 is 42.4 Å². The molecule has 11 nitrogen and oxygen atoms in total. The molecule has 3 atom stereocenters. The van der Waals surface area contributed by atoms with Crippen LogP contribution in [0.2, 0.25) is 0 Å². The lowest BCUT2D eigenvalue weighted by Crippen LogP contribution is -2.50. The molecule has 198 valence electrons. The van der Waals surface area contributed by atoms with Crippen LogP contribution in [-0.4, -0.2) is 61.9 Å². The first-order valence-electron chi connectivity index (χ1n) is 12.4. The lowest BCUT2D eigenvalue weighted by atomic mass is 9.99. The normalized spacial score (nSPS) is 24.8. The van der Waals surface area contributed by atoms with Gasteiger partial charge in [0.2, 0.25) is 0 Å². The summed E-state index contributed by atoms with van der Waals surface area (Å²) in [4.78, 5) is 53.9. The van der Waals surface area contributed by atoms with Gasteiger partial charge in [0.1, 0.15) is 12.0 Å². The predicted octanol–water partition coefficient (Wildman–Crippen LogP) is 1.13. The lowest BCUT2D eigenvalue weighted by molar-refractivity contribution is -0.155. The molecule has 3 aliphatic heterocycles. The number of benzene rings is 1. The first-order valence-corrected chi connectivity index (χ1v) is 12.4. The molecular weight excluding hydrogens is 487 g/mol. The van der Waals surface area contributed by atoms with E-state index in [1.807, 2.05) is 25.1 Å². The van der Waals surface area contributed by atoms with E-state index in [4.69, 9.17) is 14.2 Å². The van der Waals surface area contributed by atoms with Gasteiger partial charge in [0.15, 0.2) is 0 Å². The molecule has 1 aromatic carbocycles. The summed E-state index contributed by atoms with van der Waals surface area (Å²) in [5, 5.41) is 0. The maximum atomic E-state index is 15.3. The number of aryl methyl sites for hydroxylation is 2. The zero-order valence-corrected chi connectivity index (χ0v) is 20.7. The van der Waals surface area contributed by atoms with Crippen molar-refractivity contribution in [2.24, 2.45) is 0 Å². The maximum Gasteiger partial charge on any atom is 0.422 e. The first-order chi connectivity index (χ1) is 17.7. The van der Waals surface area contributed by atoms with Gasteiger partial charge in [-0.25, -0.2) is 32.7 Å². The number of alkyl halides is 1. The number of fused-ring (bicyclic) bond motifs is 2. The molecule has 12 heteroatoms. The van der Waals surface area contributed by atoms with Crippen molar-refractivity contribution in [3.8, 4) is 0 Å². The highest BCUT2D eigenvalue weighted by molar-refractivity contribution is 6.30. The topological polar surface area (TPSA) is 122 Å². The number of ether oxygens (including phenoxy) is 3. The molecule has 37 heavy (non-hydrogen) atoms. The third-order valence-corrected chi connectivity index (χ3v) is 7.27. The van der Waals surface area contributed by atoms with Gasteiger partial charge in [0.05, 0.1) is 19.3 Å². The van der Waals surface area contributed by atoms with Crippen LogP contribution in [-0.2, 0) is 37.0 Å². The van der Waals surface area contributed by atoms with Crippen LogP contribution in [0, 0.1) is 13.8 Å². The Labute approximate surface area is 211 Å². The van der Waals surface area contributed by atoms with E-state index in [1.54, 1.807) is 0 Å². The summed E-state index contributed by atoms with van der Waals surface area (Å²) >= 11 is 0. The van der Waals surface area contributed by atoms with Gasteiger partial charge in [-0.05, 0) is 45.1 Å². The van der Waals surface area contributed by atoms with Crippen molar-refractivity contribution in [1.29, 1.82) is 0 Å². The number of nitrogens with zero attached hydrogens (tertiary/aromatic N) is 4. The molecule has 3 unspecified atom stereocenters. The molecule has 0 amide bonds. The van der Waals surface area contributed by atoms with Gasteiger partial charge in [0, 0.05) is 18.6 Å². The Bertz CT molecular complexity index is 1290. The average molecular weight is 517 g/mol. The summed E-state index contributed by atoms with van der Waals surface area (Å²) in [6.07, 6.45) is 0.376. The minimum Gasteiger partial charge on any atom is -0.397 e. The molecule has 1 aromatic heterocycles. The first kappa shape index (κ1) is 25.3. The summed E-state index contributed by atoms with van der Waals surface area (Å²) in [6.45, 7) is 3.45. The third kappa shape index (κ3) is 5.21. The fourth-order valence-electron chi connectivity index (χ4n) is 5.57. The van der Waals surface area contributed by atoms with Crippen molar-refractivity contribution in [2.45, 2.75) is 83.5 Å². The van der Waals surface area contributed by atoms with Crippen LogP contribution in [0.15, 0.2) is 33.9 Å². The van der Waals surface area contributed by atoms with Crippen LogP contribution in [0.1, 0.15) is 49.0 Å². The molecule has 0 aliphatic carbocycles. The van der Waals surface area contributed by atoms with Crippen LogP contribution >= 0.6 is 0 Å². The summed E-state index contributed by atoms with van der Waals surface area (Å²) in [6, 6.07) is 8.54. The molecule has 2 aromatic rings. The van der Waals surface area contributed by atoms with E-state index in [0.717, 1.165) is 35.8 Å². The second-order valence-electron chi connectivity index (χ2n) is 9.89.